The van der Waals surface area contributed by atoms with E-state index in [-0.39, 0.29) is 17.9 Å². The van der Waals surface area contributed by atoms with Crippen LogP contribution in [0.1, 0.15) is 28.5 Å². The first-order valence-corrected chi connectivity index (χ1v) is 14.3. The molecular formula is C22H30N4O6S2. The van der Waals surface area contributed by atoms with Crippen molar-refractivity contribution >= 4 is 31.7 Å². The number of hydrogen-bond donors (Lipinski definition) is 0. The Labute approximate surface area is 201 Å². The van der Waals surface area contributed by atoms with Gasteiger partial charge in [-0.3, -0.25) is 14.2 Å². The maximum absolute atomic E-state index is 12.8. The Morgan fingerprint density at radius 2 is 1.68 bits per heavy atom. The Morgan fingerprint density at radius 3 is 2.18 bits per heavy atom. The zero-order valence-corrected chi connectivity index (χ0v) is 21.2. The molecule has 0 saturated carbocycles. The van der Waals surface area contributed by atoms with Crippen LogP contribution in [0.4, 0.5) is 5.69 Å². The molecule has 1 aliphatic rings. The first-order chi connectivity index (χ1) is 16.0. The molecule has 1 aromatic heterocycles. The van der Waals surface area contributed by atoms with Crippen molar-refractivity contribution in [1.29, 1.82) is 0 Å². The highest BCUT2D eigenvalue weighted by Gasteiger charge is 2.24. The molecule has 186 valence electrons. The Hall–Kier alpha value is -2.54. The Kier molecular flexibility index (Phi) is 8.29. The van der Waals surface area contributed by atoms with Gasteiger partial charge in [0.25, 0.3) is 0 Å². The van der Waals surface area contributed by atoms with Crippen molar-refractivity contribution in [2.75, 3.05) is 49.6 Å². The van der Waals surface area contributed by atoms with Crippen LogP contribution in [0.2, 0.25) is 0 Å². The second kappa shape index (κ2) is 10.8. The van der Waals surface area contributed by atoms with Crippen molar-refractivity contribution in [2.45, 2.75) is 20.0 Å². The summed E-state index contributed by atoms with van der Waals surface area (Å²) in [6.07, 6.45) is 2.59. The van der Waals surface area contributed by atoms with Gasteiger partial charge in [0, 0.05) is 38.9 Å². The lowest BCUT2D eigenvalue weighted by atomic mass is 10.2. The molecule has 0 atom stereocenters. The van der Waals surface area contributed by atoms with Gasteiger partial charge in [-0.15, -0.1) is 0 Å². The summed E-state index contributed by atoms with van der Waals surface area (Å²) in [4.78, 5) is 18.0. The molecule has 2 aromatic rings. The summed E-state index contributed by atoms with van der Waals surface area (Å²) in [5.41, 5.74) is 2.31. The van der Waals surface area contributed by atoms with Gasteiger partial charge in [-0.1, -0.05) is 12.1 Å². The van der Waals surface area contributed by atoms with Crippen molar-refractivity contribution in [1.82, 2.24) is 14.2 Å². The Balaban J connectivity index is 1.71. The third kappa shape index (κ3) is 6.53. The number of sulfonamides is 2. The van der Waals surface area contributed by atoms with E-state index in [1.807, 2.05) is 12.1 Å². The molecule has 0 unspecified atom stereocenters. The van der Waals surface area contributed by atoms with Crippen LogP contribution in [-0.4, -0.2) is 82.3 Å². The Morgan fingerprint density at radius 1 is 1.03 bits per heavy atom. The molecule has 0 amide bonds. The highest BCUT2D eigenvalue weighted by Crippen LogP contribution is 2.23. The number of benzene rings is 1. The number of ether oxygens (including phenoxy) is 1. The summed E-state index contributed by atoms with van der Waals surface area (Å²) in [6, 6.07) is 10.4. The Bertz CT molecular complexity index is 1190. The number of esters is 1. The smallest absolute Gasteiger partial charge is 0.339 e. The molecule has 1 aliphatic heterocycles. The fourth-order valence-corrected chi connectivity index (χ4v) is 5.57. The normalized spacial score (nSPS) is 15.7. The lowest BCUT2D eigenvalue weighted by molar-refractivity contribution is 0.0600. The maximum atomic E-state index is 12.8. The van der Waals surface area contributed by atoms with Gasteiger partial charge in [0.05, 0.1) is 42.6 Å². The van der Waals surface area contributed by atoms with E-state index in [9.17, 15) is 21.6 Å². The van der Waals surface area contributed by atoms with Crippen LogP contribution in [0.15, 0.2) is 42.6 Å². The van der Waals surface area contributed by atoms with Crippen LogP contribution >= 0.6 is 0 Å². The van der Waals surface area contributed by atoms with E-state index >= 15 is 0 Å². The minimum Gasteiger partial charge on any atom is -0.465 e. The van der Waals surface area contributed by atoms with Crippen LogP contribution in [0, 0.1) is 0 Å². The fourth-order valence-electron chi connectivity index (χ4n) is 3.65. The molecule has 0 bridgehead atoms. The monoisotopic (exact) mass is 510 g/mol. The highest BCUT2D eigenvalue weighted by atomic mass is 32.2. The number of carbonyl (C=O) groups is 1. The number of pyridine rings is 1. The van der Waals surface area contributed by atoms with Gasteiger partial charge in [-0.05, 0) is 36.8 Å². The van der Waals surface area contributed by atoms with Gasteiger partial charge < -0.3 is 4.74 Å². The van der Waals surface area contributed by atoms with Crippen molar-refractivity contribution in [3.05, 3.63) is 59.4 Å². The van der Waals surface area contributed by atoms with Crippen LogP contribution < -0.4 is 4.31 Å². The first kappa shape index (κ1) is 26.1. The topological polar surface area (TPSA) is 117 Å². The maximum Gasteiger partial charge on any atom is 0.339 e. The highest BCUT2D eigenvalue weighted by molar-refractivity contribution is 7.92. The molecular weight excluding hydrogens is 480 g/mol. The molecule has 1 saturated heterocycles. The zero-order valence-electron chi connectivity index (χ0n) is 19.5. The second-order valence-corrected chi connectivity index (χ2v) is 12.2. The number of methoxy groups -OCH3 is 1. The van der Waals surface area contributed by atoms with E-state index in [4.69, 9.17) is 0 Å². The van der Waals surface area contributed by atoms with Gasteiger partial charge in [-0.25, -0.2) is 21.6 Å². The quantitative estimate of drug-likeness (QED) is 0.464. The van der Waals surface area contributed by atoms with E-state index in [1.54, 1.807) is 31.2 Å². The number of carbonyl (C=O) groups excluding carboxylic acids is 1. The summed E-state index contributed by atoms with van der Waals surface area (Å²) in [5.74, 6) is -0.579. The van der Waals surface area contributed by atoms with E-state index in [0.29, 0.717) is 44.1 Å². The van der Waals surface area contributed by atoms with Crippen molar-refractivity contribution in [2.24, 2.45) is 0 Å². The molecule has 34 heavy (non-hydrogen) atoms. The van der Waals surface area contributed by atoms with Gasteiger partial charge in [0.1, 0.15) is 0 Å². The minimum absolute atomic E-state index is 0.0322. The van der Waals surface area contributed by atoms with Crippen LogP contribution in [0.25, 0.3) is 0 Å². The van der Waals surface area contributed by atoms with Gasteiger partial charge >= 0.3 is 5.97 Å². The van der Waals surface area contributed by atoms with Crippen molar-refractivity contribution in [3.8, 4) is 0 Å². The largest absolute Gasteiger partial charge is 0.465 e. The second-order valence-electron chi connectivity index (χ2n) is 8.04. The minimum atomic E-state index is -3.57. The average Bonchev–Trinajstić information content (AvgIpc) is 2.82. The molecule has 1 fully saturated rings. The molecule has 10 nitrogen and oxygen atoms in total. The van der Waals surface area contributed by atoms with E-state index in [0.717, 1.165) is 5.56 Å². The van der Waals surface area contributed by atoms with Gasteiger partial charge in [0.2, 0.25) is 20.0 Å². The molecule has 0 aliphatic carbocycles. The van der Waals surface area contributed by atoms with E-state index in [2.05, 4.69) is 14.6 Å². The van der Waals surface area contributed by atoms with Crippen LogP contribution in [0.3, 0.4) is 0 Å². The number of aromatic nitrogens is 1. The summed E-state index contributed by atoms with van der Waals surface area (Å²) in [7, 11) is -5.46. The van der Waals surface area contributed by atoms with Gasteiger partial charge in [-0.2, -0.15) is 4.31 Å². The van der Waals surface area contributed by atoms with Crippen molar-refractivity contribution in [3.63, 3.8) is 0 Å². The number of anilines is 1. The summed E-state index contributed by atoms with van der Waals surface area (Å²) >= 11 is 0. The molecule has 0 radical (unpaired) electrons. The SMILES string of the molecule is CCS(=O)(=O)N(Cc1ccc(C(=O)OC)cn1)c1ccc(CN2CCN(S(C)(=O)=O)CC2)cc1. The predicted octanol–water partition coefficient (Wildman–Crippen LogP) is 1.30. The molecule has 0 N–H and O–H groups in total. The average molecular weight is 511 g/mol. The lowest BCUT2D eigenvalue weighted by Gasteiger charge is -2.33. The number of hydrogen-bond acceptors (Lipinski definition) is 8. The predicted molar refractivity (Wildman–Crippen MR) is 129 cm³/mol. The number of rotatable bonds is 9. The third-order valence-electron chi connectivity index (χ3n) is 5.68. The number of piperazine rings is 1. The lowest BCUT2D eigenvalue weighted by Crippen LogP contribution is -2.47. The number of nitrogens with zero attached hydrogens (tertiary/aromatic N) is 4. The molecule has 1 aromatic carbocycles. The van der Waals surface area contributed by atoms with Crippen molar-refractivity contribution < 1.29 is 26.4 Å². The summed E-state index contributed by atoms with van der Waals surface area (Å²) in [6.45, 7) is 4.46. The summed E-state index contributed by atoms with van der Waals surface area (Å²) < 4.78 is 56.4. The molecule has 2 heterocycles. The van der Waals surface area contributed by atoms with E-state index < -0.39 is 26.0 Å². The summed E-state index contributed by atoms with van der Waals surface area (Å²) in [5, 5.41) is 0. The van der Waals surface area contributed by atoms with E-state index in [1.165, 1.54) is 28.2 Å². The fraction of sp³-hybridized carbons (Fsp3) is 0.455. The first-order valence-electron chi connectivity index (χ1n) is 10.8. The third-order valence-corrected chi connectivity index (χ3v) is 8.73. The van der Waals surface area contributed by atoms with Crippen LogP contribution in [0.5, 0.6) is 0 Å². The standard InChI is InChI=1S/C22H30N4O6S2/c1-4-34(30,31)26(17-20-8-7-19(15-23-20)22(27)32-2)21-9-5-18(6-10-21)16-24-11-13-25(14-12-24)33(3,28)29/h5-10,15H,4,11-14,16-17H2,1-3H3. The zero-order chi connectivity index (χ0) is 24.9. The van der Waals surface area contributed by atoms with Gasteiger partial charge in [0.15, 0.2) is 0 Å². The molecule has 3 rings (SSSR count). The molecule has 0 spiro atoms. The molecule has 12 heteroatoms. The van der Waals surface area contributed by atoms with Crippen LogP contribution in [-0.2, 0) is 37.9 Å².